The lowest BCUT2D eigenvalue weighted by Gasteiger charge is -2.26. The van der Waals surface area contributed by atoms with Gasteiger partial charge in [0, 0.05) is 19.2 Å². The maximum atomic E-state index is 12.2. The van der Waals surface area contributed by atoms with Crippen LogP contribution in [0.25, 0.3) is 0 Å². The van der Waals surface area contributed by atoms with Crippen molar-refractivity contribution in [3.63, 3.8) is 0 Å². The number of nitrogens with one attached hydrogen (secondary N) is 1. The molecular formula is C13H19N3O2. The average molecular weight is 249 g/mol. The quantitative estimate of drug-likeness (QED) is 0.881. The Bertz CT molecular complexity index is 471. The number of hydrogen-bond donors (Lipinski definition) is 1. The van der Waals surface area contributed by atoms with E-state index in [1.54, 1.807) is 0 Å². The van der Waals surface area contributed by atoms with Crippen LogP contribution in [0.1, 0.15) is 43.6 Å². The summed E-state index contributed by atoms with van der Waals surface area (Å²) in [6, 6.07) is 2.82. The fourth-order valence-electron chi connectivity index (χ4n) is 2.56. The molecule has 2 rings (SSSR count). The Hall–Kier alpha value is -1.65. The second kappa shape index (κ2) is 4.92. The van der Waals surface area contributed by atoms with Gasteiger partial charge < -0.3 is 4.90 Å². The molecule has 1 saturated heterocycles. The van der Waals surface area contributed by atoms with Crippen LogP contribution in [0.4, 0.5) is 0 Å². The molecule has 0 aliphatic carbocycles. The number of rotatable bonds is 3. The Morgan fingerprint density at radius 1 is 1.44 bits per heavy atom. The summed E-state index contributed by atoms with van der Waals surface area (Å²) in [5, 5.41) is 6.09. The monoisotopic (exact) mass is 249 g/mol. The number of aromatic amines is 1. The van der Waals surface area contributed by atoms with E-state index in [2.05, 4.69) is 24.0 Å². The zero-order valence-electron chi connectivity index (χ0n) is 10.9. The number of carbonyl (C=O) groups is 1. The van der Waals surface area contributed by atoms with Crippen LogP contribution in [0, 0.1) is 5.41 Å². The number of hydrogen-bond acceptors (Lipinski definition) is 3. The van der Waals surface area contributed by atoms with Crippen molar-refractivity contribution in [2.45, 2.75) is 33.1 Å². The fourth-order valence-corrected chi connectivity index (χ4v) is 2.56. The predicted octanol–water partition coefficient (Wildman–Crippen LogP) is 1.42. The number of nitrogens with zero attached hydrogens (tertiary/aromatic N) is 2. The zero-order valence-corrected chi connectivity index (χ0v) is 10.9. The molecule has 0 saturated carbocycles. The molecule has 1 fully saturated rings. The number of amides is 1. The molecule has 0 radical (unpaired) electrons. The van der Waals surface area contributed by atoms with Gasteiger partial charge in [0.05, 0.1) is 0 Å². The predicted molar refractivity (Wildman–Crippen MR) is 68.4 cm³/mol. The highest BCUT2D eigenvalue weighted by atomic mass is 16.2. The maximum absolute atomic E-state index is 12.2. The van der Waals surface area contributed by atoms with Crippen molar-refractivity contribution in [2.24, 2.45) is 5.41 Å². The molecule has 1 N–H and O–H groups in total. The number of carbonyl (C=O) groups excluding carboxylic acids is 1. The van der Waals surface area contributed by atoms with E-state index in [1.807, 2.05) is 4.90 Å². The van der Waals surface area contributed by atoms with Gasteiger partial charge in [-0.25, -0.2) is 5.10 Å². The Morgan fingerprint density at radius 2 is 2.17 bits per heavy atom. The minimum atomic E-state index is -0.288. The molecule has 0 unspecified atom stereocenters. The molecule has 5 nitrogen and oxygen atoms in total. The lowest BCUT2D eigenvalue weighted by Crippen LogP contribution is -2.32. The van der Waals surface area contributed by atoms with E-state index < -0.39 is 0 Å². The molecule has 1 aromatic rings. The molecule has 0 aromatic carbocycles. The van der Waals surface area contributed by atoms with Gasteiger partial charge in [0.2, 0.25) is 0 Å². The highest BCUT2D eigenvalue weighted by Gasteiger charge is 2.37. The summed E-state index contributed by atoms with van der Waals surface area (Å²) in [4.78, 5) is 25.0. The summed E-state index contributed by atoms with van der Waals surface area (Å²) >= 11 is 0. The lowest BCUT2D eigenvalue weighted by molar-refractivity contribution is 0.0762. The van der Waals surface area contributed by atoms with Crippen molar-refractivity contribution in [3.8, 4) is 0 Å². The summed E-state index contributed by atoms with van der Waals surface area (Å²) in [6.07, 6.45) is 3.23. The summed E-state index contributed by atoms with van der Waals surface area (Å²) in [6.45, 7) is 5.92. The van der Waals surface area contributed by atoms with E-state index in [-0.39, 0.29) is 16.9 Å². The van der Waals surface area contributed by atoms with Gasteiger partial charge in [-0.2, -0.15) is 5.10 Å². The van der Waals surface area contributed by atoms with Crippen LogP contribution in [0.2, 0.25) is 0 Å². The molecule has 0 bridgehead atoms. The second-order valence-electron chi connectivity index (χ2n) is 4.99. The topological polar surface area (TPSA) is 66.1 Å². The van der Waals surface area contributed by atoms with Gasteiger partial charge in [0.1, 0.15) is 5.69 Å². The maximum Gasteiger partial charge on any atom is 0.274 e. The first-order valence-corrected chi connectivity index (χ1v) is 6.45. The van der Waals surface area contributed by atoms with Crippen LogP contribution in [-0.4, -0.2) is 34.1 Å². The number of aromatic nitrogens is 2. The van der Waals surface area contributed by atoms with E-state index >= 15 is 0 Å². The SMILES string of the molecule is CCC1(CC)CCN(C(=O)c2ccc(=O)[nH]n2)C1. The van der Waals surface area contributed by atoms with Crippen LogP contribution in [-0.2, 0) is 0 Å². The summed E-state index contributed by atoms with van der Waals surface area (Å²) < 4.78 is 0. The molecule has 1 aliphatic heterocycles. The summed E-state index contributed by atoms with van der Waals surface area (Å²) in [5.41, 5.74) is 0.291. The lowest BCUT2D eigenvalue weighted by atomic mass is 9.82. The Morgan fingerprint density at radius 3 is 2.67 bits per heavy atom. The van der Waals surface area contributed by atoms with Crippen LogP contribution in [0.15, 0.2) is 16.9 Å². The van der Waals surface area contributed by atoms with E-state index in [0.717, 1.165) is 32.4 Å². The van der Waals surface area contributed by atoms with Crippen LogP contribution < -0.4 is 5.56 Å². The van der Waals surface area contributed by atoms with Gasteiger partial charge in [-0.05, 0) is 30.7 Å². The third kappa shape index (κ3) is 2.30. The molecule has 0 atom stereocenters. The van der Waals surface area contributed by atoms with Crippen LogP contribution in [0.5, 0.6) is 0 Å². The van der Waals surface area contributed by atoms with Crippen LogP contribution >= 0.6 is 0 Å². The van der Waals surface area contributed by atoms with Gasteiger partial charge in [-0.1, -0.05) is 13.8 Å². The van der Waals surface area contributed by atoms with Gasteiger partial charge in [-0.3, -0.25) is 9.59 Å². The number of likely N-dealkylation sites (tertiary alicyclic amines) is 1. The molecule has 1 aromatic heterocycles. The zero-order chi connectivity index (χ0) is 13.2. The van der Waals surface area contributed by atoms with E-state index in [0.29, 0.717) is 5.69 Å². The molecule has 2 heterocycles. The smallest absolute Gasteiger partial charge is 0.274 e. The first kappa shape index (κ1) is 12.8. The minimum absolute atomic E-state index is 0.0879. The Labute approximate surface area is 106 Å². The van der Waals surface area contributed by atoms with Crippen molar-refractivity contribution in [3.05, 3.63) is 28.2 Å². The van der Waals surface area contributed by atoms with Crippen LogP contribution in [0.3, 0.4) is 0 Å². The van der Waals surface area contributed by atoms with Crippen molar-refractivity contribution >= 4 is 5.91 Å². The Kier molecular flexibility index (Phi) is 3.50. The van der Waals surface area contributed by atoms with E-state index in [1.165, 1.54) is 12.1 Å². The first-order valence-electron chi connectivity index (χ1n) is 6.45. The third-order valence-corrected chi connectivity index (χ3v) is 4.12. The molecule has 98 valence electrons. The fraction of sp³-hybridized carbons (Fsp3) is 0.615. The average Bonchev–Trinajstić information content (AvgIpc) is 2.84. The normalized spacial score (nSPS) is 18.0. The third-order valence-electron chi connectivity index (χ3n) is 4.12. The van der Waals surface area contributed by atoms with Gasteiger partial charge in [-0.15, -0.1) is 0 Å². The van der Waals surface area contributed by atoms with Crippen molar-refractivity contribution in [1.82, 2.24) is 15.1 Å². The molecule has 1 aliphatic rings. The van der Waals surface area contributed by atoms with Crippen molar-refractivity contribution < 1.29 is 4.79 Å². The summed E-state index contributed by atoms with van der Waals surface area (Å²) in [5.74, 6) is -0.0879. The second-order valence-corrected chi connectivity index (χ2v) is 4.99. The van der Waals surface area contributed by atoms with Gasteiger partial charge >= 0.3 is 0 Å². The van der Waals surface area contributed by atoms with E-state index in [9.17, 15) is 9.59 Å². The Balaban J connectivity index is 2.12. The molecule has 18 heavy (non-hydrogen) atoms. The van der Waals surface area contributed by atoms with E-state index in [4.69, 9.17) is 0 Å². The van der Waals surface area contributed by atoms with Gasteiger partial charge in [0.15, 0.2) is 0 Å². The van der Waals surface area contributed by atoms with Crippen molar-refractivity contribution in [2.75, 3.05) is 13.1 Å². The number of H-pyrrole nitrogens is 1. The van der Waals surface area contributed by atoms with Crippen molar-refractivity contribution in [1.29, 1.82) is 0 Å². The summed E-state index contributed by atoms with van der Waals surface area (Å²) in [7, 11) is 0. The molecule has 0 spiro atoms. The standard InChI is InChI=1S/C13H19N3O2/c1-3-13(4-2)7-8-16(9-13)12(18)10-5-6-11(17)15-14-10/h5-6H,3-4,7-9H2,1-2H3,(H,15,17). The molecular weight excluding hydrogens is 230 g/mol. The largest absolute Gasteiger partial charge is 0.337 e. The highest BCUT2D eigenvalue weighted by molar-refractivity contribution is 5.92. The van der Waals surface area contributed by atoms with Gasteiger partial charge in [0.25, 0.3) is 11.5 Å². The minimum Gasteiger partial charge on any atom is -0.337 e. The molecule has 1 amide bonds. The first-order chi connectivity index (χ1) is 8.60. The molecule has 5 heteroatoms. The highest BCUT2D eigenvalue weighted by Crippen LogP contribution is 2.37.